The molecule has 5 heteroatoms. The molecule has 0 fully saturated rings. The smallest absolute Gasteiger partial charge is 0.328 e. The molecule has 5 nitrogen and oxygen atoms in total. The minimum Gasteiger partial charge on any atom is -0.480 e. The SMILES string of the molecule is CC(C)(C)OC(=O)[C@@H]1c2ccccc2CCN1CC(=O)O. The second-order valence-corrected chi connectivity index (χ2v) is 6.25. The van der Waals surface area contributed by atoms with Crippen LogP contribution < -0.4 is 0 Å². The van der Waals surface area contributed by atoms with Crippen molar-refractivity contribution in [3.05, 3.63) is 35.4 Å². The van der Waals surface area contributed by atoms with Crippen LogP contribution in [0, 0.1) is 0 Å². The number of esters is 1. The molecule has 1 atom stereocenters. The number of hydrogen-bond donors (Lipinski definition) is 1. The van der Waals surface area contributed by atoms with E-state index in [-0.39, 0.29) is 6.54 Å². The number of carbonyl (C=O) groups excluding carboxylic acids is 1. The Morgan fingerprint density at radius 3 is 2.62 bits per heavy atom. The Kier molecular flexibility index (Phi) is 4.32. The Morgan fingerprint density at radius 2 is 2.00 bits per heavy atom. The quantitative estimate of drug-likeness (QED) is 0.863. The molecule has 2 rings (SSSR count). The van der Waals surface area contributed by atoms with Gasteiger partial charge in [-0.25, -0.2) is 4.79 Å². The summed E-state index contributed by atoms with van der Waals surface area (Å²) in [4.78, 5) is 25.2. The Labute approximate surface area is 124 Å². The zero-order valence-corrected chi connectivity index (χ0v) is 12.6. The van der Waals surface area contributed by atoms with Gasteiger partial charge in [-0.05, 0) is 38.3 Å². The van der Waals surface area contributed by atoms with Crippen LogP contribution in [0.4, 0.5) is 0 Å². The van der Waals surface area contributed by atoms with Crippen molar-refractivity contribution < 1.29 is 19.4 Å². The number of aliphatic carboxylic acids is 1. The number of carboxylic acids is 1. The van der Waals surface area contributed by atoms with Crippen molar-refractivity contribution >= 4 is 11.9 Å². The third kappa shape index (κ3) is 3.82. The van der Waals surface area contributed by atoms with E-state index in [9.17, 15) is 9.59 Å². The number of nitrogens with zero attached hydrogens (tertiary/aromatic N) is 1. The molecule has 0 radical (unpaired) electrons. The molecule has 1 aromatic carbocycles. The maximum absolute atomic E-state index is 12.5. The molecule has 1 aliphatic heterocycles. The van der Waals surface area contributed by atoms with E-state index in [1.165, 1.54) is 0 Å². The number of fused-ring (bicyclic) bond motifs is 1. The molecule has 114 valence electrons. The van der Waals surface area contributed by atoms with Crippen LogP contribution in [0.5, 0.6) is 0 Å². The molecular formula is C16H21NO4. The summed E-state index contributed by atoms with van der Waals surface area (Å²) in [5.41, 5.74) is 1.33. The fourth-order valence-corrected chi connectivity index (χ4v) is 2.60. The summed E-state index contributed by atoms with van der Waals surface area (Å²) in [5, 5.41) is 9.05. The molecule has 1 N–H and O–H groups in total. The van der Waals surface area contributed by atoms with E-state index in [0.29, 0.717) is 6.54 Å². The van der Waals surface area contributed by atoms with E-state index < -0.39 is 23.6 Å². The van der Waals surface area contributed by atoms with Gasteiger partial charge >= 0.3 is 11.9 Å². The predicted molar refractivity (Wildman–Crippen MR) is 77.9 cm³/mol. The average Bonchev–Trinajstić information content (AvgIpc) is 2.35. The van der Waals surface area contributed by atoms with Crippen molar-refractivity contribution in [2.24, 2.45) is 0 Å². The molecule has 1 aromatic rings. The first-order valence-electron chi connectivity index (χ1n) is 7.04. The van der Waals surface area contributed by atoms with Gasteiger partial charge in [-0.15, -0.1) is 0 Å². The van der Waals surface area contributed by atoms with Crippen molar-refractivity contribution in [3.8, 4) is 0 Å². The maximum Gasteiger partial charge on any atom is 0.328 e. The van der Waals surface area contributed by atoms with Gasteiger partial charge in [0.1, 0.15) is 11.6 Å². The van der Waals surface area contributed by atoms with E-state index >= 15 is 0 Å². The van der Waals surface area contributed by atoms with Crippen LogP contribution in [0.15, 0.2) is 24.3 Å². The lowest BCUT2D eigenvalue weighted by Gasteiger charge is -2.36. The highest BCUT2D eigenvalue weighted by Crippen LogP contribution is 2.31. The third-order valence-corrected chi connectivity index (χ3v) is 3.35. The summed E-state index contributed by atoms with van der Waals surface area (Å²) in [6.45, 7) is 5.79. The predicted octanol–water partition coefficient (Wildman–Crippen LogP) is 2.01. The normalized spacial score (nSPS) is 18.9. The second kappa shape index (κ2) is 5.85. The summed E-state index contributed by atoms with van der Waals surface area (Å²) in [6, 6.07) is 6.99. The van der Waals surface area contributed by atoms with Gasteiger partial charge in [-0.2, -0.15) is 0 Å². The highest BCUT2D eigenvalue weighted by atomic mass is 16.6. The Bertz CT molecular complexity index is 547. The van der Waals surface area contributed by atoms with Crippen LogP contribution in [0.1, 0.15) is 37.9 Å². The van der Waals surface area contributed by atoms with Crippen LogP contribution in [0.2, 0.25) is 0 Å². The van der Waals surface area contributed by atoms with Gasteiger partial charge in [-0.3, -0.25) is 9.69 Å². The van der Waals surface area contributed by atoms with Crippen LogP contribution in [-0.2, 0) is 20.7 Å². The van der Waals surface area contributed by atoms with Crippen LogP contribution in [-0.4, -0.2) is 40.6 Å². The van der Waals surface area contributed by atoms with Crippen molar-refractivity contribution in [2.75, 3.05) is 13.1 Å². The number of carbonyl (C=O) groups is 2. The lowest BCUT2D eigenvalue weighted by atomic mass is 9.92. The molecule has 1 heterocycles. The van der Waals surface area contributed by atoms with Gasteiger partial charge in [0.25, 0.3) is 0 Å². The van der Waals surface area contributed by atoms with Gasteiger partial charge < -0.3 is 9.84 Å². The zero-order chi connectivity index (χ0) is 15.6. The lowest BCUT2D eigenvalue weighted by Crippen LogP contribution is -2.44. The molecule has 1 aliphatic rings. The standard InChI is InChI=1S/C16H21NO4/c1-16(2,3)21-15(20)14-12-7-5-4-6-11(12)8-9-17(14)10-13(18)19/h4-7,14H,8-10H2,1-3H3,(H,18,19)/t14-/m0/s1. The van der Waals surface area contributed by atoms with Crippen LogP contribution in [0.25, 0.3) is 0 Å². The number of benzene rings is 1. The van der Waals surface area contributed by atoms with Crippen LogP contribution >= 0.6 is 0 Å². The highest BCUT2D eigenvalue weighted by Gasteiger charge is 2.36. The first kappa shape index (κ1) is 15.5. The second-order valence-electron chi connectivity index (χ2n) is 6.25. The topological polar surface area (TPSA) is 66.8 Å². The van der Waals surface area contributed by atoms with E-state index in [2.05, 4.69) is 0 Å². The summed E-state index contributed by atoms with van der Waals surface area (Å²) in [5.74, 6) is -1.33. The van der Waals surface area contributed by atoms with Crippen LogP contribution in [0.3, 0.4) is 0 Å². The average molecular weight is 291 g/mol. The lowest BCUT2D eigenvalue weighted by molar-refractivity contribution is -0.163. The molecular weight excluding hydrogens is 270 g/mol. The van der Waals surface area contributed by atoms with Crippen molar-refractivity contribution in [1.82, 2.24) is 4.90 Å². The van der Waals surface area contributed by atoms with Crippen molar-refractivity contribution in [3.63, 3.8) is 0 Å². The largest absolute Gasteiger partial charge is 0.480 e. The monoisotopic (exact) mass is 291 g/mol. The number of ether oxygens (including phenoxy) is 1. The molecule has 0 saturated heterocycles. The first-order valence-corrected chi connectivity index (χ1v) is 7.04. The fourth-order valence-electron chi connectivity index (χ4n) is 2.60. The van der Waals surface area contributed by atoms with Crippen molar-refractivity contribution in [2.45, 2.75) is 38.8 Å². The highest BCUT2D eigenvalue weighted by molar-refractivity contribution is 5.80. The molecule has 0 spiro atoms. The zero-order valence-electron chi connectivity index (χ0n) is 12.6. The Morgan fingerprint density at radius 1 is 1.33 bits per heavy atom. The number of hydrogen-bond acceptors (Lipinski definition) is 4. The van der Waals surface area contributed by atoms with E-state index in [4.69, 9.17) is 9.84 Å². The molecule has 0 aliphatic carbocycles. The minimum atomic E-state index is -0.942. The van der Waals surface area contributed by atoms with E-state index in [0.717, 1.165) is 17.5 Å². The summed E-state index contributed by atoms with van der Waals surface area (Å²) in [7, 11) is 0. The maximum atomic E-state index is 12.5. The molecule has 0 aromatic heterocycles. The summed E-state index contributed by atoms with van der Waals surface area (Å²) in [6.07, 6.45) is 0.739. The third-order valence-electron chi connectivity index (χ3n) is 3.35. The summed E-state index contributed by atoms with van der Waals surface area (Å²) < 4.78 is 5.47. The molecule has 0 bridgehead atoms. The number of rotatable bonds is 3. The number of carboxylic acid groups (broad SMARTS) is 1. The Balaban J connectivity index is 2.34. The molecule has 21 heavy (non-hydrogen) atoms. The fraction of sp³-hybridized carbons (Fsp3) is 0.500. The molecule has 0 unspecified atom stereocenters. The molecule has 0 saturated carbocycles. The van der Waals surface area contributed by atoms with E-state index in [1.54, 1.807) is 25.7 Å². The van der Waals surface area contributed by atoms with Gasteiger partial charge in [0.05, 0.1) is 6.54 Å². The van der Waals surface area contributed by atoms with Gasteiger partial charge in [0, 0.05) is 6.54 Å². The van der Waals surface area contributed by atoms with Crippen molar-refractivity contribution in [1.29, 1.82) is 0 Å². The molecule has 0 amide bonds. The van der Waals surface area contributed by atoms with Gasteiger partial charge in [0.15, 0.2) is 0 Å². The Hall–Kier alpha value is -1.88. The van der Waals surface area contributed by atoms with E-state index in [1.807, 2.05) is 24.3 Å². The van der Waals surface area contributed by atoms with Gasteiger partial charge in [-0.1, -0.05) is 24.3 Å². The first-order chi connectivity index (χ1) is 9.78. The summed E-state index contributed by atoms with van der Waals surface area (Å²) >= 11 is 0. The minimum absolute atomic E-state index is 0.168. The van der Waals surface area contributed by atoms with Gasteiger partial charge in [0.2, 0.25) is 0 Å².